The van der Waals surface area contributed by atoms with Crippen LogP contribution in [0.15, 0.2) is 78.4 Å². The van der Waals surface area contributed by atoms with Crippen LogP contribution in [-0.2, 0) is 17.6 Å². The number of hydrogen-bond donors (Lipinski definition) is 1. The molecular weight excluding hydrogens is 402 g/mol. The number of rotatable bonds is 5. The summed E-state index contributed by atoms with van der Waals surface area (Å²) in [5.41, 5.74) is 7.07. The number of carbonyl (C=O) groups excluding carboxylic acids is 1. The second-order valence-corrected chi connectivity index (χ2v) is 8.90. The molecule has 0 radical (unpaired) electrons. The molecule has 0 saturated carbocycles. The van der Waals surface area contributed by atoms with Gasteiger partial charge in [-0.25, -0.2) is 4.98 Å². The number of benzene rings is 2. The van der Waals surface area contributed by atoms with Crippen LogP contribution < -0.4 is 5.32 Å². The summed E-state index contributed by atoms with van der Waals surface area (Å²) in [5, 5.41) is 5.75. The van der Waals surface area contributed by atoms with Crippen LogP contribution in [0.1, 0.15) is 35.2 Å². The molecule has 1 amide bonds. The van der Waals surface area contributed by atoms with Gasteiger partial charge in [-0.2, -0.15) is 0 Å². The maximum absolute atomic E-state index is 12.9. The van der Waals surface area contributed by atoms with Gasteiger partial charge >= 0.3 is 0 Å². The summed E-state index contributed by atoms with van der Waals surface area (Å²) in [6, 6.07) is 20.9. The number of hydrogen-bond acceptors (Lipinski definition) is 4. The van der Waals surface area contributed by atoms with Gasteiger partial charge in [-0.3, -0.25) is 9.78 Å². The van der Waals surface area contributed by atoms with Gasteiger partial charge in [0, 0.05) is 30.1 Å². The maximum atomic E-state index is 12.9. The Balaban J connectivity index is 1.22. The molecule has 0 aliphatic heterocycles. The first kappa shape index (κ1) is 19.6. The lowest BCUT2D eigenvalue weighted by molar-refractivity contribution is -0.120. The van der Waals surface area contributed by atoms with E-state index >= 15 is 0 Å². The van der Waals surface area contributed by atoms with Crippen molar-refractivity contribution in [1.82, 2.24) is 9.97 Å². The topological polar surface area (TPSA) is 54.9 Å². The summed E-state index contributed by atoms with van der Waals surface area (Å²) in [7, 11) is 0. The molecule has 0 spiro atoms. The van der Waals surface area contributed by atoms with Crippen LogP contribution in [0.5, 0.6) is 0 Å². The van der Waals surface area contributed by atoms with Crippen molar-refractivity contribution in [1.29, 1.82) is 0 Å². The molecule has 2 aromatic carbocycles. The van der Waals surface area contributed by atoms with Gasteiger partial charge < -0.3 is 5.32 Å². The minimum atomic E-state index is -0.0366. The van der Waals surface area contributed by atoms with Gasteiger partial charge in [0.05, 0.1) is 5.69 Å². The fourth-order valence-electron chi connectivity index (χ4n) is 4.33. The predicted molar refractivity (Wildman–Crippen MR) is 125 cm³/mol. The van der Waals surface area contributed by atoms with Crippen LogP contribution in [0.4, 0.5) is 5.13 Å². The highest BCUT2D eigenvalue weighted by molar-refractivity contribution is 7.13. The van der Waals surface area contributed by atoms with Crippen molar-refractivity contribution in [2.24, 2.45) is 5.92 Å². The molecule has 0 unspecified atom stereocenters. The van der Waals surface area contributed by atoms with Gasteiger partial charge in [-0.15, -0.1) is 11.3 Å². The average Bonchev–Trinajstić information content (AvgIpc) is 3.39. The molecule has 1 N–H and O–H groups in total. The lowest BCUT2D eigenvalue weighted by atomic mass is 9.94. The molecule has 4 nitrogen and oxygen atoms in total. The molecular formula is C26H23N3OS. The molecule has 1 aliphatic rings. The van der Waals surface area contributed by atoms with E-state index in [0.29, 0.717) is 5.13 Å². The largest absolute Gasteiger partial charge is 0.302 e. The first-order chi connectivity index (χ1) is 15.2. The Morgan fingerprint density at radius 2 is 1.77 bits per heavy atom. The van der Waals surface area contributed by atoms with Crippen LogP contribution >= 0.6 is 11.3 Å². The van der Waals surface area contributed by atoms with E-state index in [0.717, 1.165) is 24.1 Å². The van der Waals surface area contributed by atoms with Gasteiger partial charge in [0.2, 0.25) is 5.91 Å². The molecule has 0 saturated heterocycles. The summed E-state index contributed by atoms with van der Waals surface area (Å²) in [6.45, 7) is 2.14. The Labute approximate surface area is 186 Å². The van der Waals surface area contributed by atoms with E-state index in [9.17, 15) is 4.79 Å². The second-order valence-electron chi connectivity index (χ2n) is 8.04. The molecule has 1 aliphatic carbocycles. The Morgan fingerprint density at radius 3 is 2.55 bits per heavy atom. The van der Waals surface area contributed by atoms with Crippen molar-refractivity contribution in [2.45, 2.75) is 25.7 Å². The molecule has 0 fully saturated rings. The third-order valence-electron chi connectivity index (χ3n) is 6.06. The second kappa shape index (κ2) is 8.44. The van der Waals surface area contributed by atoms with E-state index in [1.165, 1.54) is 33.6 Å². The monoisotopic (exact) mass is 425 g/mol. The van der Waals surface area contributed by atoms with E-state index < -0.39 is 0 Å². The summed E-state index contributed by atoms with van der Waals surface area (Å²) in [6.07, 6.45) is 5.15. The zero-order chi connectivity index (χ0) is 21.2. The highest BCUT2D eigenvalue weighted by Gasteiger charge is 2.34. The minimum absolute atomic E-state index is 0.0366. The average molecular weight is 426 g/mol. The van der Waals surface area contributed by atoms with Crippen LogP contribution in [0, 0.1) is 5.92 Å². The number of nitrogens with one attached hydrogen (secondary N) is 1. The van der Waals surface area contributed by atoms with E-state index in [4.69, 9.17) is 0 Å². The van der Waals surface area contributed by atoms with E-state index in [-0.39, 0.29) is 17.7 Å². The number of fused-ring (bicyclic) bond motifs is 1. The van der Waals surface area contributed by atoms with Crippen LogP contribution in [0.3, 0.4) is 0 Å². The highest BCUT2D eigenvalue weighted by atomic mass is 32.1. The number of aromatic nitrogens is 2. The number of thiazole rings is 1. The molecule has 0 bridgehead atoms. The van der Waals surface area contributed by atoms with E-state index in [1.54, 1.807) is 12.4 Å². The fraction of sp³-hybridized carbons (Fsp3) is 0.192. The van der Waals surface area contributed by atoms with Gasteiger partial charge in [0.25, 0.3) is 0 Å². The number of amides is 1. The molecule has 31 heavy (non-hydrogen) atoms. The molecule has 4 aromatic rings. The van der Waals surface area contributed by atoms with Crippen molar-refractivity contribution in [3.05, 3.63) is 101 Å². The van der Waals surface area contributed by atoms with Crippen molar-refractivity contribution in [3.63, 3.8) is 0 Å². The van der Waals surface area contributed by atoms with Gasteiger partial charge in [0.1, 0.15) is 0 Å². The molecule has 5 heteroatoms. The molecule has 2 heterocycles. The summed E-state index contributed by atoms with van der Waals surface area (Å²) in [4.78, 5) is 21.6. The fourth-order valence-corrected chi connectivity index (χ4v) is 5.04. The van der Waals surface area contributed by atoms with Crippen molar-refractivity contribution in [3.8, 4) is 11.1 Å². The van der Waals surface area contributed by atoms with Crippen LogP contribution in [-0.4, -0.2) is 15.9 Å². The summed E-state index contributed by atoms with van der Waals surface area (Å²) >= 11 is 1.49. The van der Waals surface area contributed by atoms with E-state index in [2.05, 4.69) is 58.6 Å². The third kappa shape index (κ3) is 4.14. The minimum Gasteiger partial charge on any atom is -0.302 e. The first-order valence-corrected chi connectivity index (χ1v) is 11.4. The van der Waals surface area contributed by atoms with Crippen molar-refractivity contribution >= 4 is 22.4 Å². The van der Waals surface area contributed by atoms with Crippen molar-refractivity contribution in [2.75, 3.05) is 5.32 Å². The van der Waals surface area contributed by atoms with Crippen LogP contribution in [0.25, 0.3) is 11.1 Å². The molecule has 5 rings (SSSR count). The lowest BCUT2D eigenvalue weighted by Gasteiger charge is -2.14. The van der Waals surface area contributed by atoms with E-state index in [1.807, 2.05) is 29.6 Å². The lowest BCUT2D eigenvalue weighted by Crippen LogP contribution is -2.25. The van der Waals surface area contributed by atoms with Crippen LogP contribution in [0.2, 0.25) is 0 Å². The number of anilines is 1. The summed E-state index contributed by atoms with van der Waals surface area (Å²) < 4.78 is 0. The number of pyridine rings is 1. The smallest absolute Gasteiger partial charge is 0.230 e. The highest BCUT2D eigenvalue weighted by Crippen LogP contribution is 2.38. The van der Waals surface area contributed by atoms with Gasteiger partial charge in [-0.05, 0) is 52.3 Å². The van der Waals surface area contributed by atoms with Gasteiger partial charge in [0.15, 0.2) is 5.13 Å². The summed E-state index contributed by atoms with van der Waals surface area (Å²) in [5.74, 6) is 0.256. The zero-order valence-corrected chi connectivity index (χ0v) is 18.1. The maximum Gasteiger partial charge on any atom is 0.230 e. The Hall–Kier alpha value is -3.31. The Kier molecular flexibility index (Phi) is 5.35. The Bertz CT molecular complexity index is 1200. The first-order valence-electron chi connectivity index (χ1n) is 10.5. The SMILES string of the molecule is C[C@H]1c2ccccc2C[C@H]1C(=O)Nc1nc(Cc2ccc(-c3ccncc3)cc2)cs1. The molecule has 154 valence electrons. The van der Waals surface area contributed by atoms with Crippen molar-refractivity contribution < 1.29 is 4.79 Å². The molecule has 2 aromatic heterocycles. The standard InChI is InChI=1S/C26H23N3OS/c1-17-23-5-3-2-4-21(23)15-24(17)25(30)29-26-28-22(16-31-26)14-18-6-8-19(9-7-18)20-10-12-27-13-11-20/h2-13,16-17,24H,14-15H2,1H3,(H,28,29,30)/t17-,24+/m0/s1. The predicted octanol–water partition coefficient (Wildman–Crippen LogP) is 5.71. The quantitative estimate of drug-likeness (QED) is 0.445. The number of carbonyl (C=O) groups is 1. The Morgan fingerprint density at radius 1 is 1.03 bits per heavy atom. The third-order valence-corrected chi connectivity index (χ3v) is 6.87. The zero-order valence-electron chi connectivity index (χ0n) is 17.3. The molecule has 2 atom stereocenters. The normalized spacial score (nSPS) is 17.3. The van der Waals surface area contributed by atoms with Gasteiger partial charge in [-0.1, -0.05) is 55.5 Å². The number of nitrogens with zero attached hydrogens (tertiary/aromatic N) is 2.